The molecule has 3 rings (SSSR count). The van der Waals surface area contributed by atoms with Crippen molar-refractivity contribution in [1.29, 1.82) is 0 Å². The van der Waals surface area contributed by atoms with Gasteiger partial charge in [0.1, 0.15) is 0 Å². The summed E-state index contributed by atoms with van der Waals surface area (Å²) < 4.78 is 30.4. The summed E-state index contributed by atoms with van der Waals surface area (Å²) >= 11 is 0. The van der Waals surface area contributed by atoms with Gasteiger partial charge < -0.3 is 9.84 Å². The van der Waals surface area contributed by atoms with E-state index in [1.54, 1.807) is 18.2 Å². The monoisotopic (exact) mass is 321 g/mol. The van der Waals surface area contributed by atoms with Crippen molar-refractivity contribution < 1.29 is 23.2 Å². The Labute approximate surface area is 125 Å². The molecule has 2 aromatic rings. The maximum Gasteiger partial charge on any atom is 0.311 e. The molecule has 8 heteroatoms. The van der Waals surface area contributed by atoms with E-state index in [-0.39, 0.29) is 21.9 Å². The highest BCUT2D eigenvalue weighted by atomic mass is 32.2. The molecule has 22 heavy (non-hydrogen) atoms. The molecule has 0 aromatic heterocycles. The van der Waals surface area contributed by atoms with E-state index in [1.165, 1.54) is 30.3 Å². The van der Waals surface area contributed by atoms with E-state index in [0.29, 0.717) is 0 Å². The van der Waals surface area contributed by atoms with Crippen LogP contribution < -0.4 is 4.74 Å². The fraction of sp³-hybridized carbons (Fsp3) is 0.143. The largest absolute Gasteiger partial charge is 0.456 e. The second-order valence-electron chi connectivity index (χ2n) is 4.74. The van der Waals surface area contributed by atoms with E-state index >= 15 is 0 Å². The highest BCUT2D eigenvalue weighted by Gasteiger charge is 2.46. The van der Waals surface area contributed by atoms with Crippen molar-refractivity contribution in [2.24, 2.45) is 0 Å². The second kappa shape index (κ2) is 5.08. The molecule has 7 nitrogen and oxygen atoms in total. The number of nitrogens with zero attached hydrogens (tertiary/aromatic N) is 1. The van der Waals surface area contributed by atoms with Crippen molar-refractivity contribution in [3.05, 3.63) is 64.2 Å². The van der Waals surface area contributed by atoms with Crippen molar-refractivity contribution in [3.63, 3.8) is 0 Å². The first kappa shape index (κ1) is 14.5. The zero-order chi connectivity index (χ0) is 15.9. The van der Waals surface area contributed by atoms with Gasteiger partial charge in [-0.1, -0.05) is 30.3 Å². The number of nitro groups is 1. The van der Waals surface area contributed by atoms with Gasteiger partial charge in [0.05, 0.1) is 9.82 Å². The van der Waals surface area contributed by atoms with Gasteiger partial charge >= 0.3 is 5.69 Å². The number of rotatable bonds is 3. The first-order chi connectivity index (χ1) is 10.4. The van der Waals surface area contributed by atoms with Gasteiger partial charge in [-0.2, -0.15) is 0 Å². The van der Waals surface area contributed by atoms with Crippen LogP contribution in [0.3, 0.4) is 0 Å². The summed E-state index contributed by atoms with van der Waals surface area (Å²) in [7, 11) is -3.94. The Morgan fingerprint density at radius 2 is 1.77 bits per heavy atom. The summed E-state index contributed by atoms with van der Waals surface area (Å²) in [6, 6.07) is 11.6. The van der Waals surface area contributed by atoms with Crippen molar-refractivity contribution in [2.45, 2.75) is 16.4 Å². The lowest BCUT2D eigenvalue weighted by Gasteiger charge is -2.14. The molecule has 2 atom stereocenters. The molecule has 2 unspecified atom stereocenters. The summed E-state index contributed by atoms with van der Waals surface area (Å²) in [5.41, 5.74) is -0.284. The number of sulfone groups is 1. The number of nitro benzene ring substituents is 1. The van der Waals surface area contributed by atoms with Gasteiger partial charge in [0.25, 0.3) is 0 Å². The molecule has 1 aliphatic rings. The number of fused-ring (bicyclic) bond motifs is 1. The Bertz CT molecular complexity index is 834. The highest BCUT2D eigenvalue weighted by molar-refractivity contribution is 7.91. The summed E-state index contributed by atoms with van der Waals surface area (Å²) in [5.74, 6) is -0.204. The lowest BCUT2D eigenvalue weighted by atomic mass is 10.1. The molecule has 0 fully saturated rings. The molecule has 2 aromatic carbocycles. The first-order valence-corrected chi connectivity index (χ1v) is 7.88. The normalized spacial score (nSPS) is 20.2. The third kappa shape index (κ3) is 2.13. The third-order valence-electron chi connectivity index (χ3n) is 3.43. The first-order valence-electron chi connectivity index (χ1n) is 6.34. The topological polar surface area (TPSA) is 107 Å². The van der Waals surface area contributed by atoms with Crippen LogP contribution in [0.25, 0.3) is 0 Å². The van der Waals surface area contributed by atoms with Crippen LogP contribution in [0.4, 0.5) is 5.69 Å². The molecule has 1 N–H and O–H groups in total. The fourth-order valence-corrected chi connectivity index (χ4v) is 4.16. The molecule has 0 saturated carbocycles. The average Bonchev–Trinajstić information content (AvgIpc) is 2.84. The number of hydrogen-bond acceptors (Lipinski definition) is 6. The summed E-state index contributed by atoms with van der Waals surface area (Å²) in [5, 5.41) is 19.6. The molecule has 1 aliphatic heterocycles. The lowest BCUT2D eigenvalue weighted by molar-refractivity contribution is -0.386. The van der Waals surface area contributed by atoms with Gasteiger partial charge in [0.2, 0.25) is 12.0 Å². The van der Waals surface area contributed by atoms with E-state index in [2.05, 4.69) is 0 Å². The predicted molar refractivity (Wildman–Crippen MR) is 76.1 cm³/mol. The van der Waals surface area contributed by atoms with Crippen LogP contribution in [-0.4, -0.2) is 24.7 Å². The van der Waals surface area contributed by atoms with Crippen molar-refractivity contribution >= 4 is 15.5 Å². The second-order valence-corrected chi connectivity index (χ2v) is 6.81. The Morgan fingerprint density at radius 3 is 2.41 bits per heavy atom. The SMILES string of the molecule is O=[N+]([O-])c1cccc2c1OC(O)C2S(=O)(=O)c1ccccc1. The summed E-state index contributed by atoms with van der Waals surface area (Å²) in [4.78, 5) is 10.3. The molecular formula is C14H11NO6S. The Balaban J connectivity index is 2.16. The van der Waals surface area contributed by atoms with Crippen molar-refractivity contribution in [2.75, 3.05) is 0 Å². The Hall–Kier alpha value is -2.45. The van der Waals surface area contributed by atoms with E-state index in [9.17, 15) is 23.6 Å². The van der Waals surface area contributed by atoms with Crippen LogP contribution in [0.15, 0.2) is 53.4 Å². The molecular weight excluding hydrogens is 310 g/mol. The standard InChI is InChI=1S/C14H11NO6S/c16-14-13(22(19,20)9-5-2-1-3-6-9)10-7-4-8-11(15(17)18)12(10)21-14/h1-8,13-14,16H. The molecule has 1 heterocycles. The minimum absolute atomic E-state index is 0.0157. The zero-order valence-corrected chi connectivity index (χ0v) is 11.9. The van der Waals surface area contributed by atoms with Gasteiger partial charge in [-0.15, -0.1) is 0 Å². The number of hydrogen-bond donors (Lipinski definition) is 1. The third-order valence-corrected chi connectivity index (χ3v) is 5.52. The van der Waals surface area contributed by atoms with E-state index in [0.717, 1.165) is 0 Å². The van der Waals surface area contributed by atoms with Crippen LogP contribution in [0, 0.1) is 10.1 Å². The quantitative estimate of drug-likeness (QED) is 0.682. The molecule has 0 aliphatic carbocycles. The lowest BCUT2D eigenvalue weighted by Crippen LogP contribution is -2.25. The number of para-hydroxylation sites is 1. The molecule has 114 valence electrons. The maximum atomic E-state index is 12.7. The van der Waals surface area contributed by atoms with Crippen LogP contribution in [-0.2, 0) is 9.84 Å². The van der Waals surface area contributed by atoms with Gasteiger partial charge in [-0.25, -0.2) is 8.42 Å². The van der Waals surface area contributed by atoms with Crippen LogP contribution >= 0.6 is 0 Å². The summed E-state index contributed by atoms with van der Waals surface area (Å²) in [6.07, 6.45) is -1.69. The van der Waals surface area contributed by atoms with Crippen LogP contribution in [0.5, 0.6) is 5.75 Å². The minimum atomic E-state index is -3.94. The van der Waals surface area contributed by atoms with Crippen molar-refractivity contribution in [3.8, 4) is 5.75 Å². The Kier molecular flexibility index (Phi) is 3.34. The Morgan fingerprint density at radius 1 is 1.09 bits per heavy atom. The van der Waals surface area contributed by atoms with E-state index < -0.39 is 26.3 Å². The predicted octanol–water partition coefficient (Wildman–Crippen LogP) is 1.82. The molecule has 0 bridgehead atoms. The van der Waals surface area contributed by atoms with Gasteiger partial charge in [-0.3, -0.25) is 10.1 Å². The molecule has 0 amide bonds. The number of ether oxygens (including phenoxy) is 1. The van der Waals surface area contributed by atoms with Gasteiger partial charge in [0, 0.05) is 11.6 Å². The number of aliphatic hydroxyl groups excluding tert-OH is 1. The van der Waals surface area contributed by atoms with Crippen LogP contribution in [0.2, 0.25) is 0 Å². The number of aliphatic hydroxyl groups is 1. The van der Waals surface area contributed by atoms with Gasteiger partial charge in [0.15, 0.2) is 15.1 Å². The smallest absolute Gasteiger partial charge is 0.311 e. The van der Waals surface area contributed by atoms with Gasteiger partial charge in [-0.05, 0) is 12.1 Å². The maximum absolute atomic E-state index is 12.7. The summed E-state index contributed by atoms with van der Waals surface area (Å²) in [6.45, 7) is 0. The van der Waals surface area contributed by atoms with Crippen LogP contribution in [0.1, 0.15) is 10.8 Å². The minimum Gasteiger partial charge on any atom is -0.456 e. The van der Waals surface area contributed by atoms with E-state index in [1.807, 2.05) is 0 Å². The molecule has 0 saturated heterocycles. The zero-order valence-electron chi connectivity index (χ0n) is 11.1. The molecule has 0 radical (unpaired) electrons. The number of benzene rings is 2. The molecule has 0 spiro atoms. The average molecular weight is 321 g/mol. The van der Waals surface area contributed by atoms with E-state index in [4.69, 9.17) is 4.74 Å². The van der Waals surface area contributed by atoms with Crippen molar-refractivity contribution in [1.82, 2.24) is 0 Å². The fourth-order valence-electron chi connectivity index (χ4n) is 2.45. The highest BCUT2D eigenvalue weighted by Crippen LogP contribution is 2.47.